The molecule has 0 radical (unpaired) electrons. The predicted molar refractivity (Wildman–Crippen MR) is 77.0 cm³/mol. The lowest BCUT2D eigenvalue weighted by atomic mass is 10.2. The van der Waals surface area contributed by atoms with Gasteiger partial charge in [-0.1, -0.05) is 12.1 Å². The zero-order valence-electron chi connectivity index (χ0n) is 11.4. The molecule has 0 unspecified atom stereocenters. The summed E-state index contributed by atoms with van der Waals surface area (Å²) < 4.78 is 18.2. The maximum Gasteiger partial charge on any atom is 0.335 e. The lowest BCUT2D eigenvalue weighted by Gasteiger charge is -2.08. The van der Waals surface area contributed by atoms with E-state index in [4.69, 9.17) is 9.84 Å². The first kappa shape index (κ1) is 15.0. The molecule has 0 saturated heterocycles. The van der Waals surface area contributed by atoms with E-state index in [1.54, 1.807) is 24.3 Å². The fourth-order valence-corrected chi connectivity index (χ4v) is 1.77. The topological polar surface area (TPSA) is 58.6 Å². The maximum absolute atomic E-state index is 12.7. The fourth-order valence-electron chi connectivity index (χ4n) is 1.77. The van der Waals surface area contributed by atoms with Crippen LogP contribution in [-0.4, -0.2) is 24.2 Å². The van der Waals surface area contributed by atoms with Crippen molar-refractivity contribution < 1.29 is 19.0 Å². The molecule has 0 aliphatic rings. The zero-order valence-corrected chi connectivity index (χ0v) is 11.4. The Morgan fingerprint density at radius 3 is 2.38 bits per heavy atom. The number of nitrogens with one attached hydrogen (secondary N) is 1. The summed E-state index contributed by atoms with van der Waals surface area (Å²) in [6.07, 6.45) is 0. The van der Waals surface area contributed by atoms with Gasteiger partial charge in [0.1, 0.15) is 18.2 Å². The van der Waals surface area contributed by atoms with Gasteiger partial charge in [-0.25, -0.2) is 9.18 Å². The summed E-state index contributed by atoms with van der Waals surface area (Å²) in [5.74, 6) is -0.571. The lowest BCUT2D eigenvalue weighted by Crippen LogP contribution is -2.20. The average Bonchev–Trinajstić information content (AvgIpc) is 2.49. The number of carboxylic acids is 1. The van der Waals surface area contributed by atoms with Crippen LogP contribution >= 0.6 is 0 Å². The Morgan fingerprint density at radius 2 is 1.76 bits per heavy atom. The van der Waals surface area contributed by atoms with Crippen LogP contribution < -0.4 is 10.1 Å². The molecule has 0 bridgehead atoms. The summed E-state index contributed by atoms with van der Waals surface area (Å²) in [6.45, 7) is 1.74. The molecule has 0 aliphatic heterocycles. The summed E-state index contributed by atoms with van der Waals surface area (Å²) in [6, 6.07) is 12.6. The van der Waals surface area contributed by atoms with Gasteiger partial charge in [0.15, 0.2) is 0 Å². The first-order valence-corrected chi connectivity index (χ1v) is 6.56. The van der Waals surface area contributed by atoms with Crippen LogP contribution in [0.2, 0.25) is 0 Å². The van der Waals surface area contributed by atoms with Gasteiger partial charge in [0, 0.05) is 13.1 Å². The SMILES string of the molecule is O=C(O)c1ccc(OCCNCc2ccc(F)cc2)cc1. The Balaban J connectivity index is 1.67. The number of hydrogen-bond donors (Lipinski definition) is 2. The molecule has 0 spiro atoms. The average molecular weight is 289 g/mol. The van der Waals surface area contributed by atoms with Crippen LogP contribution in [0.4, 0.5) is 4.39 Å². The van der Waals surface area contributed by atoms with Crippen molar-refractivity contribution in [1.29, 1.82) is 0 Å². The van der Waals surface area contributed by atoms with E-state index in [-0.39, 0.29) is 11.4 Å². The molecule has 5 heteroatoms. The van der Waals surface area contributed by atoms with E-state index in [0.717, 1.165) is 5.56 Å². The lowest BCUT2D eigenvalue weighted by molar-refractivity contribution is 0.0697. The minimum Gasteiger partial charge on any atom is -0.492 e. The summed E-state index contributed by atoms with van der Waals surface area (Å²) >= 11 is 0. The van der Waals surface area contributed by atoms with Crippen LogP contribution in [0.15, 0.2) is 48.5 Å². The molecule has 21 heavy (non-hydrogen) atoms. The molecule has 0 fully saturated rings. The molecule has 0 atom stereocenters. The molecule has 2 rings (SSSR count). The number of aromatic carboxylic acids is 1. The Bertz CT molecular complexity index is 581. The van der Waals surface area contributed by atoms with E-state index in [2.05, 4.69) is 5.32 Å². The number of benzene rings is 2. The van der Waals surface area contributed by atoms with Gasteiger partial charge in [-0.15, -0.1) is 0 Å². The second-order valence-corrected chi connectivity index (χ2v) is 4.48. The first-order valence-electron chi connectivity index (χ1n) is 6.56. The van der Waals surface area contributed by atoms with E-state index in [0.29, 0.717) is 25.4 Å². The molecule has 0 saturated carbocycles. The Labute approximate surface area is 122 Å². The largest absolute Gasteiger partial charge is 0.492 e. The highest BCUT2D eigenvalue weighted by molar-refractivity contribution is 5.87. The quantitative estimate of drug-likeness (QED) is 0.769. The summed E-state index contributed by atoms with van der Waals surface area (Å²) in [4.78, 5) is 10.7. The predicted octanol–water partition coefficient (Wildman–Crippen LogP) is 2.69. The molecule has 0 amide bonds. The van der Waals surface area contributed by atoms with Gasteiger partial charge in [0.2, 0.25) is 0 Å². The monoisotopic (exact) mass is 289 g/mol. The molecule has 2 aromatic carbocycles. The smallest absolute Gasteiger partial charge is 0.335 e. The zero-order chi connectivity index (χ0) is 15.1. The molecule has 0 aliphatic carbocycles. The standard InChI is InChI=1S/C16H16FNO3/c17-14-5-1-12(2-6-14)11-18-9-10-21-15-7-3-13(4-8-15)16(19)20/h1-8,18H,9-11H2,(H,19,20). The highest BCUT2D eigenvalue weighted by atomic mass is 19.1. The highest BCUT2D eigenvalue weighted by Crippen LogP contribution is 2.11. The third-order valence-corrected chi connectivity index (χ3v) is 2.89. The minimum atomic E-state index is -0.956. The van der Waals surface area contributed by atoms with Crippen molar-refractivity contribution in [2.75, 3.05) is 13.2 Å². The third-order valence-electron chi connectivity index (χ3n) is 2.89. The van der Waals surface area contributed by atoms with E-state index in [9.17, 15) is 9.18 Å². The van der Waals surface area contributed by atoms with Crippen molar-refractivity contribution in [2.24, 2.45) is 0 Å². The van der Waals surface area contributed by atoms with Gasteiger partial charge in [0.05, 0.1) is 5.56 Å². The first-order chi connectivity index (χ1) is 10.1. The summed E-state index contributed by atoms with van der Waals surface area (Å²) in [5.41, 5.74) is 1.24. The number of hydrogen-bond acceptors (Lipinski definition) is 3. The van der Waals surface area contributed by atoms with Crippen LogP contribution in [0.1, 0.15) is 15.9 Å². The second kappa shape index (κ2) is 7.40. The highest BCUT2D eigenvalue weighted by Gasteiger charge is 2.01. The van der Waals surface area contributed by atoms with Crippen molar-refractivity contribution >= 4 is 5.97 Å². The molecular formula is C16H16FNO3. The van der Waals surface area contributed by atoms with Gasteiger partial charge in [-0.2, -0.15) is 0 Å². The van der Waals surface area contributed by atoms with Crippen LogP contribution in [0.3, 0.4) is 0 Å². The molecule has 2 aromatic rings. The van der Waals surface area contributed by atoms with Gasteiger partial charge in [0.25, 0.3) is 0 Å². The number of carboxylic acid groups (broad SMARTS) is 1. The van der Waals surface area contributed by atoms with Gasteiger partial charge >= 0.3 is 5.97 Å². The number of ether oxygens (including phenoxy) is 1. The van der Waals surface area contributed by atoms with E-state index < -0.39 is 5.97 Å². The number of rotatable bonds is 7. The molecule has 0 heterocycles. The van der Waals surface area contributed by atoms with Gasteiger partial charge < -0.3 is 15.2 Å². The third kappa shape index (κ3) is 4.89. The van der Waals surface area contributed by atoms with Crippen molar-refractivity contribution in [3.8, 4) is 5.75 Å². The molecule has 4 nitrogen and oxygen atoms in total. The van der Waals surface area contributed by atoms with Crippen molar-refractivity contribution in [1.82, 2.24) is 5.32 Å². The summed E-state index contributed by atoms with van der Waals surface area (Å²) in [7, 11) is 0. The van der Waals surface area contributed by atoms with E-state index in [1.807, 2.05) is 0 Å². The molecule has 2 N–H and O–H groups in total. The van der Waals surface area contributed by atoms with Crippen molar-refractivity contribution in [3.05, 3.63) is 65.5 Å². The van der Waals surface area contributed by atoms with Crippen LogP contribution in [0.25, 0.3) is 0 Å². The maximum atomic E-state index is 12.7. The molecule has 0 aromatic heterocycles. The van der Waals surface area contributed by atoms with Gasteiger partial charge in [-0.3, -0.25) is 0 Å². The van der Waals surface area contributed by atoms with E-state index >= 15 is 0 Å². The fraction of sp³-hybridized carbons (Fsp3) is 0.188. The second-order valence-electron chi connectivity index (χ2n) is 4.48. The van der Waals surface area contributed by atoms with Crippen molar-refractivity contribution in [3.63, 3.8) is 0 Å². The van der Waals surface area contributed by atoms with Crippen LogP contribution in [0.5, 0.6) is 5.75 Å². The van der Waals surface area contributed by atoms with Crippen molar-refractivity contribution in [2.45, 2.75) is 6.54 Å². The molecule has 110 valence electrons. The van der Waals surface area contributed by atoms with Gasteiger partial charge in [-0.05, 0) is 42.0 Å². The van der Waals surface area contributed by atoms with E-state index in [1.165, 1.54) is 24.3 Å². The molecular weight excluding hydrogens is 273 g/mol. The summed E-state index contributed by atoms with van der Waals surface area (Å²) in [5, 5.41) is 12.0. The Kier molecular flexibility index (Phi) is 5.29. The Morgan fingerprint density at radius 1 is 1.10 bits per heavy atom. The number of halogens is 1. The normalized spacial score (nSPS) is 10.3. The van der Waals surface area contributed by atoms with Crippen LogP contribution in [0, 0.1) is 5.82 Å². The Hall–Kier alpha value is -2.40. The number of carbonyl (C=O) groups is 1. The minimum absolute atomic E-state index is 0.233. The van der Waals surface area contributed by atoms with Crippen LogP contribution in [-0.2, 0) is 6.54 Å².